The molecule has 116 valence electrons. The predicted molar refractivity (Wildman–Crippen MR) is 70.6 cm³/mol. The van der Waals surface area contributed by atoms with Gasteiger partial charge in [-0.1, -0.05) is 0 Å². The van der Waals surface area contributed by atoms with E-state index in [2.05, 4.69) is 20.6 Å². The first-order valence-corrected chi connectivity index (χ1v) is 6.80. The Balaban J connectivity index is 1.81. The first kappa shape index (κ1) is 15.5. The van der Waals surface area contributed by atoms with Gasteiger partial charge in [-0.2, -0.15) is 13.2 Å². The summed E-state index contributed by atoms with van der Waals surface area (Å²) in [4.78, 5) is 18.7. The number of nitrogens with one attached hydrogen (secondary N) is 2. The van der Waals surface area contributed by atoms with E-state index in [1.807, 2.05) is 0 Å². The lowest BCUT2D eigenvalue weighted by Crippen LogP contribution is -2.27. The number of aryl methyl sites for hydroxylation is 1. The molecule has 2 rings (SSSR count). The van der Waals surface area contributed by atoms with Gasteiger partial charge in [-0.05, 0) is 26.2 Å². The van der Waals surface area contributed by atoms with Crippen LogP contribution in [-0.2, 0) is 11.0 Å². The third-order valence-corrected chi connectivity index (χ3v) is 3.11. The third kappa shape index (κ3) is 4.57. The van der Waals surface area contributed by atoms with Crippen molar-refractivity contribution in [3.05, 3.63) is 17.6 Å². The fourth-order valence-corrected chi connectivity index (χ4v) is 1.81. The molecule has 1 aliphatic rings. The molecule has 1 aliphatic carbocycles. The summed E-state index contributed by atoms with van der Waals surface area (Å²) in [5.41, 5.74) is -0.880. The summed E-state index contributed by atoms with van der Waals surface area (Å²) < 4.78 is 38.3. The third-order valence-electron chi connectivity index (χ3n) is 3.11. The van der Waals surface area contributed by atoms with Crippen LogP contribution in [0.5, 0.6) is 0 Å². The molecule has 21 heavy (non-hydrogen) atoms. The van der Waals surface area contributed by atoms with Gasteiger partial charge in [0.2, 0.25) is 5.91 Å². The van der Waals surface area contributed by atoms with Gasteiger partial charge in [-0.15, -0.1) is 0 Å². The maximum absolute atomic E-state index is 12.8. The molecule has 8 heteroatoms. The summed E-state index contributed by atoms with van der Waals surface area (Å²) >= 11 is 0. The molecule has 0 radical (unpaired) electrons. The normalized spacial score (nSPS) is 14.9. The summed E-state index contributed by atoms with van der Waals surface area (Å²) in [6, 6.07) is 0. The van der Waals surface area contributed by atoms with Gasteiger partial charge >= 0.3 is 6.18 Å². The summed E-state index contributed by atoms with van der Waals surface area (Å²) in [7, 11) is 0. The van der Waals surface area contributed by atoms with Gasteiger partial charge in [0.1, 0.15) is 17.2 Å². The Bertz CT molecular complexity index is 515. The monoisotopic (exact) mass is 302 g/mol. The molecule has 1 saturated carbocycles. The topological polar surface area (TPSA) is 66.9 Å². The van der Waals surface area contributed by atoms with Crippen LogP contribution < -0.4 is 10.6 Å². The number of anilines is 1. The summed E-state index contributed by atoms with van der Waals surface area (Å²) in [5.74, 6) is 0.222. The maximum atomic E-state index is 12.8. The lowest BCUT2D eigenvalue weighted by atomic mass is 10.3. The lowest BCUT2D eigenvalue weighted by Gasteiger charge is -2.13. The van der Waals surface area contributed by atoms with Crippen LogP contribution in [0.4, 0.5) is 19.0 Å². The minimum Gasteiger partial charge on any atom is -0.369 e. The number of nitrogens with zero attached hydrogens (tertiary/aromatic N) is 2. The highest BCUT2D eigenvalue weighted by molar-refractivity contribution is 5.80. The number of alkyl halides is 3. The molecular formula is C13H17F3N4O. The highest BCUT2D eigenvalue weighted by Gasteiger charge is 2.35. The van der Waals surface area contributed by atoms with Gasteiger partial charge in [0.05, 0.1) is 0 Å². The Morgan fingerprint density at radius 3 is 2.71 bits per heavy atom. The Morgan fingerprint density at radius 1 is 1.38 bits per heavy atom. The second-order valence-corrected chi connectivity index (χ2v) is 5.02. The first-order chi connectivity index (χ1) is 9.88. The zero-order valence-corrected chi connectivity index (χ0v) is 11.6. The second kappa shape index (κ2) is 6.28. The van der Waals surface area contributed by atoms with Crippen molar-refractivity contribution in [3.63, 3.8) is 0 Å². The quantitative estimate of drug-likeness (QED) is 0.790. The molecule has 1 aromatic heterocycles. The van der Waals surface area contributed by atoms with E-state index in [4.69, 9.17) is 0 Å². The summed E-state index contributed by atoms with van der Waals surface area (Å²) in [6.45, 7) is 2.26. The van der Waals surface area contributed by atoms with Crippen LogP contribution in [0.1, 0.15) is 30.7 Å². The van der Waals surface area contributed by atoms with Crippen LogP contribution in [0.3, 0.4) is 0 Å². The molecule has 0 aliphatic heterocycles. The zero-order chi connectivity index (χ0) is 15.5. The van der Waals surface area contributed by atoms with Gasteiger partial charge in [0, 0.05) is 25.2 Å². The Morgan fingerprint density at radius 2 is 2.10 bits per heavy atom. The van der Waals surface area contributed by atoms with E-state index >= 15 is 0 Å². The average Bonchev–Trinajstić information content (AvgIpc) is 3.21. The number of hydrogen-bond acceptors (Lipinski definition) is 4. The molecule has 2 N–H and O–H groups in total. The van der Waals surface area contributed by atoms with Crippen molar-refractivity contribution in [1.29, 1.82) is 0 Å². The summed E-state index contributed by atoms with van der Waals surface area (Å²) in [5, 5.41) is 5.41. The van der Waals surface area contributed by atoms with E-state index in [1.54, 1.807) is 0 Å². The molecule has 5 nitrogen and oxygen atoms in total. The molecule has 1 amide bonds. The van der Waals surface area contributed by atoms with Crippen LogP contribution in [0.2, 0.25) is 0 Å². The number of carbonyl (C=O) groups excluding carboxylic acids is 1. The van der Waals surface area contributed by atoms with Crippen LogP contribution in [0, 0.1) is 12.8 Å². The van der Waals surface area contributed by atoms with Crippen molar-refractivity contribution in [2.24, 2.45) is 5.92 Å². The predicted octanol–water partition coefficient (Wildman–Crippen LogP) is 2.13. The van der Waals surface area contributed by atoms with Crippen molar-refractivity contribution in [1.82, 2.24) is 15.3 Å². The van der Waals surface area contributed by atoms with E-state index in [1.165, 1.54) is 6.92 Å². The van der Waals surface area contributed by atoms with Gasteiger partial charge in [0.15, 0.2) is 0 Å². The van der Waals surface area contributed by atoms with Crippen molar-refractivity contribution < 1.29 is 18.0 Å². The standard InChI is InChI=1S/C13H17F3N4O/c1-8-19-7-10(13(14,15)16)11(20-8)17-5-2-6-18-12(21)9-3-4-9/h7,9H,2-6H2,1H3,(H,18,21)(H,17,19,20). The second-order valence-electron chi connectivity index (χ2n) is 5.02. The first-order valence-electron chi connectivity index (χ1n) is 6.80. The van der Waals surface area contributed by atoms with E-state index in [0.717, 1.165) is 19.0 Å². The molecule has 0 aromatic carbocycles. The zero-order valence-electron chi connectivity index (χ0n) is 11.6. The van der Waals surface area contributed by atoms with Crippen LogP contribution >= 0.6 is 0 Å². The number of amides is 1. The largest absolute Gasteiger partial charge is 0.421 e. The van der Waals surface area contributed by atoms with E-state index in [9.17, 15) is 18.0 Å². The number of aromatic nitrogens is 2. The molecule has 1 heterocycles. The van der Waals surface area contributed by atoms with E-state index < -0.39 is 11.7 Å². The average molecular weight is 302 g/mol. The van der Waals surface area contributed by atoms with Crippen molar-refractivity contribution >= 4 is 11.7 Å². The van der Waals surface area contributed by atoms with E-state index in [0.29, 0.717) is 19.5 Å². The highest BCUT2D eigenvalue weighted by atomic mass is 19.4. The minimum atomic E-state index is -4.49. The van der Waals surface area contributed by atoms with Gasteiger partial charge in [-0.25, -0.2) is 9.97 Å². The Hall–Kier alpha value is -1.86. The summed E-state index contributed by atoms with van der Waals surface area (Å²) in [6.07, 6.45) is -1.33. The lowest BCUT2D eigenvalue weighted by molar-refractivity contribution is -0.137. The Labute approximate surface area is 120 Å². The van der Waals surface area contributed by atoms with Gasteiger partial charge in [0.25, 0.3) is 0 Å². The number of halogens is 3. The van der Waals surface area contributed by atoms with Gasteiger partial charge in [-0.3, -0.25) is 4.79 Å². The van der Waals surface area contributed by atoms with Gasteiger partial charge < -0.3 is 10.6 Å². The minimum absolute atomic E-state index is 0.0314. The van der Waals surface area contributed by atoms with Crippen molar-refractivity contribution in [2.45, 2.75) is 32.4 Å². The van der Waals surface area contributed by atoms with Crippen LogP contribution in [0.25, 0.3) is 0 Å². The molecule has 1 fully saturated rings. The van der Waals surface area contributed by atoms with Crippen molar-refractivity contribution in [3.8, 4) is 0 Å². The van der Waals surface area contributed by atoms with Crippen molar-refractivity contribution in [2.75, 3.05) is 18.4 Å². The molecule has 0 unspecified atom stereocenters. The number of carbonyl (C=O) groups is 1. The smallest absolute Gasteiger partial charge is 0.369 e. The van der Waals surface area contributed by atoms with Crippen LogP contribution in [-0.4, -0.2) is 29.0 Å². The fourth-order valence-electron chi connectivity index (χ4n) is 1.81. The van der Waals surface area contributed by atoms with Crippen LogP contribution in [0.15, 0.2) is 6.20 Å². The van der Waals surface area contributed by atoms with E-state index in [-0.39, 0.29) is 23.5 Å². The molecule has 0 saturated heterocycles. The number of hydrogen-bond donors (Lipinski definition) is 2. The molecule has 0 bridgehead atoms. The molecule has 0 atom stereocenters. The number of rotatable bonds is 6. The Kier molecular flexibility index (Phi) is 4.64. The SMILES string of the molecule is Cc1ncc(C(F)(F)F)c(NCCCNC(=O)C2CC2)n1. The highest BCUT2D eigenvalue weighted by Crippen LogP contribution is 2.33. The molecule has 0 spiro atoms. The maximum Gasteiger partial charge on any atom is 0.421 e. The molecular weight excluding hydrogens is 285 g/mol. The fraction of sp³-hybridized carbons (Fsp3) is 0.615. The molecule has 1 aromatic rings.